The molecule has 7 nitrogen and oxygen atoms in total. The molecule has 2 saturated heterocycles. The van der Waals surface area contributed by atoms with E-state index < -0.39 is 12.1 Å². The van der Waals surface area contributed by atoms with Gasteiger partial charge in [-0.15, -0.1) is 0 Å². The lowest BCUT2D eigenvalue weighted by atomic mass is 10.0. The predicted octanol–water partition coefficient (Wildman–Crippen LogP) is 2.14. The zero-order chi connectivity index (χ0) is 22.1. The molecule has 3 aromatic rings. The number of amides is 2. The number of carbonyl (C=O) groups is 3. The van der Waals surface area contributed by atoms with Crippen LogP contribution in [-0.2, 0) is 20.7 Å². The topological polar surface area (TPSA) is 88.6 Å². The molecule has 0 bridgehead atoms. The van der Waals surface area contributed by atoms with Gasteiger partial charge in [0.2, 0.25) is 5.91 Å². The van der Waals surface area contributed by atoms with Crippen molar-refractivity contribution in [2.45, 2.75) is 31.0 Å². The predicted molar refractivity (Wildman–Crippen MR) is 118 cm³/mol. The van der Waals surface area contributed by atoms with E-state index in [1.165, 1.54) is 0 Å². The van der Waals surface area contributed by atoms with Crippen molar-refractivity contribution >= 4 is 28.4 Å². The molecule has 0 radical (unpaired) electrons. The van der Waals surface area contributed by atoms with Gasteiger partial charge in [-0.3, -0.25) is 19.4 Å². The van der Waals surface area contributed by atoms with Crippen LogP contribution in [0.15, 0.2) is 67.0 Å². The fraction of sp³-hybridized carbons (Fsp3) is 0.280. The highest BCUT2D eigenvalue weighted by molar-refractivity contribution is 6.01. The Hall–Kier alpha value is -3.58. The average molecular weight is 429 g/mol. The van der Waals surface area contributed by atoms with Crippen LogP contribution < -0.4 is 5.32 Å². The van der Waals surface area contributed by atoms with E-state index in [-0.39, 0.29) is 36.7 Å². The standard InChI is InChI=1S/C25H23N3O4/c29-21-15-32-22-9-11-28(23(21)22)25(31)20(12-16-4-3-10-26-14-16)27-24(30)19-8-7-17-5-1-2-6-18(17)13-19/h1-8,10,13-14,20,22-23H,9,11-12,15H2,(H,27,30). The van der Waals surface area contributed by atoms with Crippen molar-refractivity contribution in [2.24, 2.45) is 0 Å². The highest BCUT2D eigenvalue weighted by atomic mass is 16.5. The molecule has 32 heavy (non-hydrogen) atoms. The molecule has 0 saturated carbocycles. The summed E-state index contributed by atoms with van der Waals surface area (Å²) in [6.45, 7) is 0.477. The van der Waals surface area contributed by atoms with Crippen LogP contribution in [0.2, 0.25) is 0 Å². The first-order valence-electron chi connectivity index (χ1n) is 10.7. The number of nitrogens with one attached hydrogen (secondary N) is 1. The minimum absolute atomic E-state index is 0.0375. The molecule has 162 valence electrons. The Morgan fingerprint density at radius 2 is 1.97 bits per heavy atom. The number of fused-ring (bicyclic) bond motifs is 2. The number of aromatic nitrogens is 1. The molecule has 2 aromatic carbocycles. The van der Waals surface area contributed by atoms with Crippen LogP contribution >= 0.6 is 0 Å². The minimum Gasteiger partial charge on any atom is -0.368 e. The van der Waals surface area contributed by atoms with Crippen molar-refractivity contribution in [1.29, 1.82) is 0 Å². The second-order valence-corrected chi connectivity index (χ2v) is 8.23. The number of Topliss-reactive ketones (excluding diaryl/α,β-unsaturated/α-hetero) is 1. The Balaban J connectivity index is 1.40. The number of nitrogens with zero attached hydrogens (tertiary/aromatic N) is 2. The molecule has 5 rings (SSSR count). The molecule has 0 aliphatic carbocycles. The lowest BCUT2D eigenvalue weighted by molar-refractivity contribution is -0.138. The highest BCUT2D eigenvalue weighted by Gasteiger charge is 2.48. The van der Waals surface area contributed by atoms with Gasteiger partial charge in [0, 0.05) is 30.9 Å². The Labute approximate surface area is 185 Å². The molecular formula is C25H23N3O4. The normalized spacial score (nSPS) is 20.9. The Morgan fingerprint density at radius 1 is 1.12 bits per heavy atom. The van der Waals surface area contributed by atoms with Crippen LogP contribution in [0.4, 0.5) is 0 Å². The quantitative estimate of drug-likeness (QED) is 0.671. The summed E-state index contributed by atoms with van der Waals surface area (Å²) in [4.78, 5) is 44.6. The summed E-state index contributed by atoms with van der Waals surface area (Å²) >= 11 is 0. The first-order valence-corrected chi connectivity index (χ1v) is 10.7. The average Bonchev–Trinajstić information content (AvgIpc) is 3.41. The van der Waals surface area contributed by atoms with E-state index in [0.29, 0.717) is 18.5 Å². The van der Waals surface area contributed by atoms with E-state index >= 15 is 0 Å². The maximum Gasteiger partial charge on any atom is 0.251 e. The molecule has 3 unspecified atom stereocenters. The van der Waals surface area contributed by atoms with Crippen molar-refractivity contribution in [3.63, 3.8) is 0 Å². The van der Waals surface area contributed by atoms with E-state index in [2.05, 4.69) is 10.3 Å². The number of ketones is 1. The number of ether oxygens (including phenoxy) is 1. The number of likely N-dealkylation sites (tertiary alicyclic amines) is 1. The Morgan fingerprint density at radius 3 is 2.78 bits per heavy atom. The molecule has 1 N–H and O–H groups in total. The van der Waals surface area contributed by atoms with Crippen LogP contribution in [0, 0.1) is 0 Å². The fourth-order valence-electron chi connectivity index (χ4n) is 4.57. The van der Waals surface area contributed by atoms with Gasteiger partial charge in [-0.25, -0.2) is 0 Å². The zero-order valence-electron chi connectivity index (χ0n) is 17.4. The summed E-state index contributed by atoms with van der Waals surface area (Å²) < 4.78 is 5.52. The van der Waals surface area contributed by atoms with Crippen molar-refractivity contribution < 1.29 is 19.1 Å². The van der Waals surface area contributed by atoms with Gasteiger partial charge in [0.25, 0.3) is 5.91 Å². The Bertz CT molecular complexity index is 1180. The number of hydrogen-bond donors (Lipinski definition) is 1. The first-order chi connectivity index (χ1) is 15.6. The van der Waals surface area contributed by atoms with Crippen molar-refractivity contribution in [3.8, 4) is 0 Å². The van der Waals surface area contributed by atoms with Crippen LogP contribution in [0.3, 0.4) is 0 Å². The third-order valence-corrected chi connectivity index (χ3v) is 6.17. The van der Waals surface area contributed by atoms with Gasteiger partial charge in [-0.05, 0) is 41.0 Å². The van der Waals surface area contributed by atoms with Gasteiger partial charge in [-0.1, -0.05) is 36.4 Å². The largest absolute Gasteiger partial charge is 0.368 e. The summed E-state index contributed by atoms with van der Waals surface area (Å²) in [6, 6.07) is 15.5. The highest BCUT2D eigenvalue weighted by Crippen LogP contribution is 2.28. The maximum atomic E-state index is 13.5. The smallest absolute Gasteiger partial charge is 0.251 e. The number of benzene rings is 2. The SMILES string of the molecule is O=C(NC(Cc1cccnc1)C(=O)N1CCC2OCC(=O)C21)c1ccc2ccccc2c1. The van der Waals surface area contributed by atoms with Gasteiger partial charge in [0.15, 0.2) is 5.78 Å². The number of rotatable bonds is 5. The summed E-state index contributed by atoms with van der Waals surface area (Å²) in [5.74, 6) is -0.682. The molecule has 3 heterocycles. The van der Waals surface area contributed by atoms with Crippen molar-refractivity contribution in [3.05, 3.63) is 78.1 Å². The van der Waals surface area contributed by atoms with E-state index in [0.717, 1.165) is 16.3 Å². The molecule has 2 fully saturated rings. The van der Waals surface area contributed by atoms with E-state index in [1.807, 2.05) is 42.5 Å². The number of carbonyl (C=O) groups excluding carboxylic acids is 3. The lowest BCUT2D eigenvalue weighted by Crippen LogP contribution is -2.53. The second kappa shape index (κ2) is 8.51. The van der Waals surface area contributed by atoms with Crippen LogP contribution in [0.1, 0.15) is 22.3 Å². The van der Waals surface area contributed by atoms with E-state index in [1.54, 1.807) is 29.4 Å². The molecule has 7 heteroatoms. The molecule has 2 amide bonds. The lowest BCUT2D eigenvalue weighted by Gasteiger charge is -2.27. The van der Waals surface area contributed by atoms with Crippen LogP contribution in [0.25, 0.3) is 10.8 Å². The molecule has 0 spiro atoms. The molecule has 2 aliphatic heterocycles. The minimum atomic E-state index is -0.815. The fourth-order valence-corrected chi connectivity index (χ4v) is 4.57. The van der Waals surface area contributed by atoms with E-state index in [9.17, 15) is 14.4 Å². The molecule has 2 aliphatic rings. The van der Waals surface area contributed by atoms with Gasteiger partial charge >= 0.3 is 0 Å². The number of hydrogen-bond acceptors (Lipinski definition) is 5. The molecular weight excluding hydrogens is 406 g/mol. The van der Waals surface area contributed by atoms with Crippen LogP contribution in [-0.4, -0.2) is 58.8 Å². The first kappa shape index (κ1) is 20.3. The summed E-state index contributed by atoms with van der Waals surface area (Å²) in [6.07, 6.45) is 4.00. The van der Waals surface area contributed by atoms with Crippen molar-refractivity contribution in [1.82, 2.24) is 15.2 Å². The van der Waals surface area contributed by atoms with Gasteiger partial charge in [-0.2, -0.15) is 0 Å². The maximum absolute atomic E-state index is 13.5. The molecule has 1 aromatic heterocycles. The Kier molecular flexibility index (Phi) is 5.41. The summed E-state index contributed by atoms with van der Waals surface area (Å²) in [5, 5.41) is 4.90. The zero-order valence-corrected chi connectivity index (χ0v) is 17.4. The van der Waals surface area contributed by atoms with Gasteiger partial charge in [0.1, 0.15) is 18.7 Å². The van der Waals surface area contributed by atoms with E-state index in [4.69, 9.17) is 4.74 Å². The van der Waals surface area contributed by atoms with Crippen LogP contribution in [0.5, 0.6) is 0 Å². The number of pyridine rings is 1. The van der Waals surface area contributed by atoms with Gasteiger partial charge in [0.05, 0.1) is 6.10 Å². The monoisotopic (exact) mass is 429 g/mol. The third-order valence-electron chi connectivity index (χ3n) is 6.17. The summed E-state index contributed by atoms with van der Waals surface area (Å²) in [5.41, 5.74) is 1.31. The van der Waals surface area contributed by atoms with Gasteiger partial charge < -0.3 is 15.0 Å². The van der Waals surface area contributed by atoms with Crippen molar-refractivity contribution in [2.75, 3.05) is 13.2 Å². The third kappa shape index (κ3) is 3.87. The summed E-state index contributed by atoms with van der Waals surface area (Å²) in [7, 11) is 0. The molecule has 3 atom stereocenters. The second-order valence-electron chi connectivity index (χ2n) is 8.23.